The zero-order chi connectivity index (χ0) is 10.1. The number of hydrogen-bond donors (Lipinski definition) is 2. The number of rotatable bonds is 4. The SMILES string of the molecule is CCCC(CN)C1(O)CC(C)(C)C1. The maximum absolute atomic E-state index is 10.3. The van der Waals surface area contributed by atoms with Gasteiger partial charge in [-0.2, -0.15) is 0 Å². The van der Waals surface area contributed by atoms with Crippen LogP contribution in [0.15, 0.2) is 0 Å². The molecule has 0 spiro atoms. The molecule has 0 aromatic rings. The lowest BCUT2D eigenvalue weighted by molar-refractivity contribution is -0.150. The van der Waals surface area contributed by atoms with Gasteiger partial charge in [-0.05, 0) is 37.1 Å². The van der Waals surface area contributed by atoms with Crippen LogP contribution in [-0.2, 0) is 0 Å². The molecule has 2 heteroatoms. The molecule has 1 aliphatic carbocycles. The van der Waals surface area contributed by atoms with Crippen molar-refractivity contribution in [3.8, 4) is 0 Å². The van der Waals surface area contributed by atoms with Crippen molar-refractivity contribution in [2.75, 3.05) is 6.54 Å². The van der Waals surface area contributed by atoms with Crippen LogP contribution in [0.3, 0.4) is 0 Å². The molecule has 1 atom stereocenters. The van der Waals surface area contributed by atoms with Gasteiger partial charge in [0.1, 0.15) is 0 Å². The second-order valence-electron chi connectivity index (χ2n) is 5.34. The fourth-order valence-electron chi connectivity index (χ4n) is 2.85. The third kappa shape index (κ3) is 2.23. The van der Waals surface area contributed by atoms with E-state index in [1.54, 1.807) is 0 Å². The molecule has 0 radical (unpaired) electrons. The number of nitrogens with two attached hydrogens (primary N) is 1. The highest BCUT2D eigenvalue weighted by atomic mass is 16.3. The summed E-state index contributed by atoms with van der Waals surface area (Å²) in [7, 11) is 0. The average Bonchev–Trinajstić information content (AvgIpc) is 1.95. The minimum Gasteiger partial charge on any atom is -0.390 e. The summed E-state index contributed by atoms with van der Waals surface area (Å²) < 4.78 is 0. The molecule has 2 nitrogen and oxygen atoms in total. The zero-order valence-electron chi connectivity index (χ0n) is 9.14. The van der Waals surface area contributed by atoms with Crippen molar-refractivity contribution >= 4 is 0 Å². The van der Waals surface area contributed by atoms with Crippen LogP contribution in [0.2, 0.25) is 0 Å². The first kappa shape index (κ1) is 11.0. The van der Waals surface area contributed by atoms with Gasteiger partial charge < -0.3 is 10.8 Å². The highest BCUT2D eigenvalue weighted by Crippen LogP contribution is 2.52. The molecule has 1 saturated carbocycles. The van der Waals surface area contributed by atoms with E-state index in [4.69, 9.17) is 5.73 Å². The predicted molar refractivity (Wildman–Crippen MR) is 55.4 cm³/mol. The van der Waals surface area contributed by atoms with Crippen LogP contribution in [-0.4, -0.2) is 17.3 Å². The van der Waals surface area contributed by atoms with E-state index in [1.165, 1.54) is 0 Å². The molecule has 1 rings (SSSR count). The second kappa shape index (κ2) is 3.58. The molecule has 0 aromatic heterocycles. The monoisotopic (exact) mass is 185 g/mol. The van der Waals surface area contributed by atoms with E-state index >= 15 is 0 Å². The molecule has 0 amide bonds. The van der Waals surface area contributed by atoms with Crippen molar-refractivity contribution in [2.24, 2.45) is 17.1 Å². The van der Waals surface area contributed by atoms with Gasteiger partial charge in [-0.3, -0.25) is 0 Å². The molecule has 0 aliphatic heterocycles. The summed E-state index contributed by atoms with van der Waals surface area (Å²) in [6.07, 6.45) is 4.01. The molecule has 0 aromatic carbocycles. The topological polar surface area (TPSA) is 46.2 Å². The Balaban J connectivity index is 2.50. The largest absolute Gasteiger partial charge is 0.390 e. The molecular formula is C11H23NO. The first-order valence-corrected chi connectivity index (χ1v) is 5.36. The summed E-state index contributed by atoms with van der Waals surface area (Å²) in [4.78, 5) is 0. The Morgan fingerprint density at radius 3 is 2.23 bits per heavy atom. The van der Waals surface area contributed by atoms with Gasteiger partial charge >= 0.3 is 0 Å². The van der Waals surface area contributed by atoms with Crippen LogP contribution in [0.4, 0.5) is 0 Å². The van der Waals surface area contributed by atoms with Crippen LogP contribution < -0.4 is 5.73 Å². The van der Waals surface area contributed by atoms with E-state index in [0.29, 0.717) is 17.9 Å². The Hall–Kier alpha value is -0.0800. The Morgan fingerprint density at radius 2 is 1.92 bits per heavy atom. The minimum atomic E-state index is -0.450. The molecule has 1 unspecified atom stereocenters. The standard InChI is InChI=1S/C11H23NO/c1-4-5-9(6-12)11(13)7-10(2,3)8-11/h9,13H,4-8,12H2,1-3H3. The zero-order valence-corrected chi connectivity index (χ0v) is 9.14. The average molecular weight is 185 g/mol. The molecule has 0 heterocycles. The Bertz CT molecular complexity index is 169. The van der Waals surface area contributed by atoms with Gasteiger partial charge in [0, 0.05) is 0 Å². The molecule has 0 bridgehead atoms. The molecule has 1 fully saturated rings. The Labute approximate surface area is 81.5 Å². The Kier molecular flexibility index (Phi) is 3.03. The van der Waals surface area contributed by atoms with Gasteiger partial charge in [-0.25, -0.2) is 0 Å². The maximum atomic E-state index is 10.3. The summed E-state index contributed by atoms with van der Waals surface area (Å²) in [6, 6.07) is 0. The third-order valence-corrected chi connectivity index (χ3v) is 3.25. The molecule has 13 heavy (non-hydrogen) atoms. The van der Waals surface area contributed by atoms with Gasteiger partial charge in [-0.15, -0.1) is 0 Å². The summed E-state index contributed by atoms with van der Waals surface area (Å²) in [5.41, 5.74) is 5.56. The van der Waals surface area contributed by atoms with Gasteiger partial charge in [0.05, 0.1) is 5.60 Å². The lowest BCUT2D eigenvalue weighted by Crippen LogP contribution is -2.55. The van der Waals surface area contributed by atoms with Crippen LogP contribution in [0.5, 0.6) is 0 Å². The summed E-state index contributed by atoms with van der Waals surface area (Å²) in [5.74, 6) is 0.311. The van der Waals surface area contributed by atoms with E-state index in [1.807, 2.05) is 0 Å². The van der Waals surface area contributed by atoms with E-state index in [0.717, 1.165) is 25.7 Å². The maximum Gasteiger partial charge on any atom is 0.0698 e. The minimum absolute atomic E-state index is 0.311. The fraction of sp³-hybridized carbons (Fsp3) is 1.00. The third-order valence-electron chi connectivity index (χ3n) is 3.25. The van der Waals surface area contributed by atoms with Crippen molar-refractivity contribution < 1.29 is 5.11 Å². The van der Waals surface area contributed by atoms with Crippen molar-refractivity contribution in [3.05, 3.63) is 0 Å². The summed E-state index contributed by atoms with van der Waals surface area (Å²) >= 11 is 0. The number of aliphatic hydroxyl groups is 1. The van der Waals surface area contributed by atoms with Crippen LogP contribution in [0.1, 0.15) is 46.5 Å². The van der Waals surface area contributed by atoms with E-state index in [2.05, 4.69) is 20.8 Å². The van der Waals surface area contributed by atoms with Crippen LogP contribution in [0, 0.1) is 11.3 Å². The first-order valence-electron chi connectivity index (χ1n) is 5.36. The smallest absolute Gasteiger partial charge is 0.0698 e. The molecule has 78 valence electrons. The lowest BCUT2D eigenvalue weighted by atomic mass is 9.56. The normalized spacial score (nSPS) is 26.5. The van der Waals surface area contributed by atoms with Crippen LogP contribution in [0.25, 0.3) is 0 Å². The van der Waals surface area contributed by atoms with Gasteiger partial charge in [0.2, 0.25) is 0 Å². The van der Waals surface area contributed by atoms with Gasteiger partial charge in [0.25, 0.3) is 0 Å². The quantitative estimate of drug-likeness (QED) is 0.703. The lowest BCUT2D eigenvalue weighted by Gasteiger charge is -2.53. The molecule has 0 saturated heterocycles. The van der Waals surface area contributed by atoms with Crippen LogP contribution >= 0.6 is 0 Å². The Morgan fingerprint density at radius 1 is 1.38 bits per heavy atom. The van der Waals surface area contributed by atoms with Crippen molar-refractivity contribution in [1.82, 2.24) is 0 Å². The predicted octanol–water partition coefficient (Wildman–Crippen LogP) is 1.91. The van der Waals surface area contributed by atoms with E-state index in [-0.39, 0.29) is 0 Å². The highest BCUT2D eigenvalue weighted by Gasteiger charge is 2.51. The first-order chi connectivity index (χ1) is 5.93. The van der Waals surface area contributed by atoms with E-state index in [9.17, 15) is 5.11 Å². The summed E-state index contributed by atoms with van der Waals surface area (Å²) in [6.45, 7) is 7.19. The number of hydrogen-bond acceptors (Lipinski definition) is 2. The van der Waals surface area contributed by atoms with E-state index < -0.39 is 5.60 Å². The van der Waals surface area contributed by atoms with Crippen molar-refractivity contribution in [3.63, 3.8) is 0 Å². The highest BCUT2D eigenvalue weighted by molar-refractivity contribution is 5.03. The molecular weight excluding hydrogens is 162 g/mol. The molecule has 3 N–H and O–H groups in total. The van der Waals surface area contributed by atoms with Gasteiger partial charge in [0.15, 0.2) is 0 Å². The molecule has 1 aliphatic rings. The van der Waals surface area contributed by atoms with Crippen molar-refractivity contribution in [1.29, 1.82) is 0 Å². The summed E-state index contributed by atoms with van der Waals surface area (Å²) in [5, 5.41) is 10.3. The van der Waals surface area contributed by atoms with Gasteiger partial charge in [-0.1, -0.05) is 27.2 Å². The van der Waals surface area contributed by atoms with Crippen molar-refractivity contribution in [2.45, 2.75) is 52.1 Å². The fourth-order valence-corrected chi connectivity index (χ4v) is 2.85. The second-order valence-corrected chi connectivity index (χ2v) is 5.34.